The minimum atomic E-state index is 0. The zero-order valence-electron chi connectivity index (χ0n) is 14.4. The largest absolute Gasteiger partial charge is 0.350 e. The molecule has 1 unspecified atom stereocenters. The van der Waals surface area contributed by atoms with Crippen molar-refractivity contribution in [2.24, 2.45) is 0 Å². The van der Waals surface area contributed by atoms with E-state index in [1.54, 1.807) is 0 Å². The zero-order chi connectivity index (χ0) is 15.8. The second kappa shape index (κ2) is 8.35. The van der Waals surface area contributed by atoms with Gasteiger partial charge >= 0.3 is 0 Å². The van der Waals surface area contributed by atoms with Crippen LogP contribution in [0.5, 0.6) is 0 Å². The number of carbonyl (C=O) groups is 1. The fourth-order valence-electron chi connectivity index (χ4n) is 3.38. The molecule has 1 atom stereocenters. The van der Waals surface area contributed by atoms with Crippen LogP contribution < -0.4 is 10.6 Å². The minimum Gasteiger partial charge on any atom is -0.350 e. The van der Waals surface area contributed by atoms with Gasteiger partial charge in [0.25, 0.3) is 5.91 Å². The first kappa shape index (κ1) is 20.0. The third kappa shape index (κ3) is 4.43. The number of hydrogen-bond donors (Lipinski definition) is 2. The maximum atomic E-state index is 12.8. The van der Waals surface area contributed by atoms with Crippen LogP contribution in [-0.2, 0) is 0 Å². The predicted molar refractivity (Wildman–Crippen MR) is 106 cm³/mol. The number of fused-ring (bicyclic) bond motifs is 1. The van der Waals surface area contributed by atoms with Crippen LogP contribution in [0.3, 0.4) is 0 Å². The Morgan fingerprint density at radius 2 is 2.04 bits per heavy atom. The molecule has 1 saturated carbocycles. The molecule has 6 heteroatoms. The summed E-state index contributed by atoms with van der Waals surface area (Å²) >= 11 is 0. The van der Waals surface area contributed by atoms with Crippen LogP contribution in [0, 0.1) is 6.92 Å². The summed E-state index contributed by atoms with van der Waals surface area (Å²) in [5.41, 5.74) is 3.94. The predicted octanol–water partition coefficient (Wildman–Crippen LogP) is 3.75. The summed E-state index contributed by atoms with van der Waals surface area (Å²) in [6, 6.07) is 8.59. The van der Waals surface area contributed by atoms with E-state index in [0.717, 1.165) is 40.7 Å². The molecule has 2 aliphatic rings. The van der Waals surface area contributed by atoms with Crippen molar-refractivity contribution >= 4 is 41.6 Å². The summed E-state index contributed by atoms with van der Waals surface area (Å²) in [4.78, 5) is 17.5. The van der Waals surface area contributed by atoms with Crippen LogP contribution >= 0.6 is 24.8 Å². The van der Waals surface area contributed by atoms with E-state index in [0.29, 0.717) is 18.5 Å². The van der Waals surface area contributed by atoms with Gasteiger partial charge in [-0.3, -0.25) is 9.78 Å². The lowest BCUT2D eigenvalue weighted by Gasteiger charge is -2.14. The quantitative estimate of drug-likeness (QED) is 0.847. The molecule has 0 radical (unpaired) electrons. The molecule has 1 aromatic heterocycles. The van der Waals surface area contributed by atoms with Gasteiger partial charge < -0.3 is 10.6 Å². The lowest BCUT2D eigenvalue weighted by molar-refractivity contribution is 0.0952. The molecule has 4 nitrogen and oxygen atoms in total. The smallest absolute Gasteiger partial charge is 0.252 e. The van der Waals surface area contributed by atoms with Crippen molar-refractivity contribution in [3.05, 3.63) is 41.1 Å². The first-order valence-corrected chi connectivity index (χ1v) is 8.63. The van der Waals surface area contributed by atoms with E-state index in [2.05, 4.69) is 29.7 Å². The number of benzene rings is 1. The Bertz CT molecular complexity index is 756. The number of nitrogens with one attached hydrogen (secondary N) is 2. The van der Waals surface area contributed by atoms with Gasteiger partial charge in [0.05, 0.1) is 11.1 Å². The van der Waals surface area contributed by atoms with E-state index < -0.39 is 0 Å². The Labute approximate surface area is 161 Å². The van der Waals surface area contributed by atoms with Crippen LogP contribution in [0.15, 0.2) is 24.3 Å². The first-order valence-electron chi connectivity index (χ1n) is 8.63. The summed E-state index contributed by atoms with van der Waals surface area (Å²) in [5.74, 6) is 0.572. The summed E-state index contributed by atoms with van der Waals surface area (Å²) in [6.07, 6.45) is 4.72. The number of rotatable bonds is 4. The van der Waals surface area contributed by atoms with E-state index >= 15 is 0 Å². The van der Waals surface area contributed by atoms with E-state index in [9.17, 15) is 4.79 Å². The molecule has 2 N–H and O–H groups in total. The van der Waals surface area contributed by atoms with Crippen LogP contribution in [-0.4, -0.2) is 30.0 Å². The van der Waals surface area contributed by atoms with Gasteiger partial charge in [-0.2, -0.15) is 0 Å². The third-order valence-electron chi connectivity index (χ3n) is 4.90. The number of aromatic nitrogens is 1. The second-order valence-electron chi connectivity index (χ2n) is 6.89. The Morgan fingerprint density at radius 3 is 2.72 bits per heavy atom. The van der Waals surface area contributed by atoms with Crippen LogP contribution in [0.4, 0.5) is 0 Å². The van der Waals surface area contributed by atoms with E-state index in [4.69, 9.17) is 4.98 Å². The van der Waals surface area contributed by atoms with Crippen molar-refractivity contribution in [2.75, 3.05) is 13.1 Å². The molecule has 1 aromatic carbocycles. The average Bonchev–Trinajstić information content (AvgIpc) is 3.28. The number of hydrogen-bond acceptors (Lipinski definition) is 3. The summed E-state index contributed by atoms with van der Waals surface area (Å²) < 4.78 is 0. The molecular formula is C19H25Cl2N3O. The number of amides is 1. The summed E-state index contributed by atoms with van der Waals surface area (Å²) in [7, 11) is 0. The summed E-state index contributed by atoms with van der Waals surface area (Å²) in [6.45, 7) is 3.81. The number of nitrogens with zero attached hydrogens (tertiary/aromatic N) is 1. The molecule has 0 spiro atoms. The molecule has 0 bridgehead atoms. The monoisotopic (exact) mass is 381 g/mol. The van der Waals surface area contributed by atoms with Gasteiger partial charge in [-0.1, -0.05) is 11.6 Å². The van der Waals surface area contributed by atoms with E-state index in [1.165, 1.54) is 19.3 Å². The average molecular weight is 382 g/mol. The number of pyridine rings is 1. The highest BCUT2D eigenvalue weighted by Gasteiger charge is 2.27. The third-order valence-corrected chi connectivity index (χ3v) is 4.90. The van der Waals surface area contributed by atoms with Gasteiger partial charge in [0.2, 0.25) is 0 Å². The molecular weight excluding hydrogens is 357 g/mol. The molecule has 1 amide bonds. The fourth-order valence-corrected chi connectivity index (χ4v) is 3.38. The maximum absolute atomic E-state index is 12.8. The summed E-state index contributed by atoms with van der Waals surface area (Å²) in [5, 5.41) is 7.50. The van der Waals surface area contributed by atoms with Crippen molar-refractivity contribution in [2.45, 2.75) is 44.6 Å². The van der Waals surface area contributed by atoms with E-state index in [1.807, 2.05) is 12.1 Å². The second-order valence-corrected chi connectivity index (χ2v) is 6.89. The Kier molecular flexibility index (Phi) is 6.66. The highest BCUT2D eigenvalue weighted by Crippen LogP contribution is 2.40. The topological polar surface area (TPSA) is 54.0 Å². The number of aryl methyl sites for hydroxylation is 1. The molecule has 1 saturated heterocycles. The van der Waals surface area contributed by atoms with Crippen LogP contribution in [0.1, 0.15) is 53.2 Å². The van der Waals surface area contributed by atoms with Crippen LogP contribution in [0.2, 0.25) is 0 Å². The molecule has 2 aromatic rings. The lowest BCUT2D eigenvalue weighted by Crippen LogP contribution is -2.37. The molecule has 1 aliphatic heterocycles. The van der Waals surface area contributed by atoms with Gasteiger partial charge in [-0.25, -0.2) is 0 Å². The maximum Gasteiger partial charge on any atom is 0.252 e. The Hall–Kier alpha value is -1.36. The van der Waals surface area contributed by atoms with Crippen molar-refractivity contribution < 1.29 is 4.79 Å². The fraction of sp³-hybridized carbons (Fsp3) is 0.474. The van der Waals surface area contributed by atoms with Crippen molar-refractivity contribution in [1.29, 1.82) is 0 Å². The molecule has 1 aliphatic carbocycles. The molecule has 2 heterocycles. The van der Waals surface area contributed by atoms with Crippen molar-refractivity contribution in [3.63, 3.8) is 0 Å². The first-order chi connectivity index (χ1) is 11.2. The highest BCUT2D eigenvalue weighted by molar-refractivity contribution is 6.06. The van der Waals surface area contributed by atoms with Gasteiger partial charge in [0.1, 0.15) is 0 Å². The van der Waals surface area contributed by atoms with Crippen molar-refractivity contribution in [1.82, 2.24) is 15.6 Å². The number of carbonyl (C=O) groups excluding carboxylic acids is 1. The lowest BCUT2D eigenvalue weighted by atomic mass is 10.0. The normalized spacial score (nSPS) is 19.2. The standard InChI is InChI=1S/C19H23N3O.2ClH/c1-12-4-7-17-15(9-12)16(10-18(22-17)13-5-6-13)19(23)21-11-14-3-2-8-20-14;;/h4,7,9-10,13-14,20H,2-3,5-6,8,11H2,1H3,(H,21,23);2*1H. The highest BCUT2D eigenvalue weighted by atomic mass is 35.5. The van der Waals surface area contributed by atoms with Crippen molar-refractivity contribution in [3.8, 4) is 0 Å². The molecule has 136 valence electrons. The Balaban J connectivity index is 0.00000113. The minimum absolute atomic E-state index is 0. The molecule has 4 rings (SSSR count). The SMILES string of the molecule is Cc1ccc2nc(C3CC3)cc(C(=O)NCC3CCCN3)c2c1.Cl.Cl. The van der Waals surface area contributed by atoms with Gasteiger partial charge in [0.15, 0.2) is 0 Å². The molecule has 2 fully saturated rings. The molecule has 25 heavy (non-hydrogen) atoms. The van der Waals surface area contributed by atoms with E-state index in [-0.39, 0.29) is 30.7 Å². The van der Waals surface area contributed by atoms with Gasteiger partial charge in [-0.05, 0) is 57.4 Å². The van der Waals surface area contributed by atoms with Crippen LogP contribution in [0.25, 0.3) is 10.9 Å². The van der Waals surface area contributed by atoms with Gasteiger partial charge in [0, 0.05) is 29.6 Å². The number of halogens is 2. The zero-order valence-corrected chi connectivity index (χ0v) is 16.0. The Morgan fingerprint density at radius 1 is 1.24 bits per heavy atom. The van der Waals surface area contributed by atoms with Gasteiger partial charge in [-0.15, -0.1) is 24.8 Å².